The summed E-state index contributed by atoms with van der Waals surface area (Å²) in [6.45, 7) is 5.58. The third kappa shape index (κ3) is 4.30. The maximum atomic E-state index is 13.0. The highest BCUT2D eigenvalue weighted by molar-refractivity contribution is 5.92. The first kappa shape index (κ1) is 19.0. The van der Waals surface area contributed by atoms with Gasteiger partial charge >= 0.3 is 0 Å². The molecule has 1 aliphatic rings. The zero-order valence-electron chi connectivity index (χ0n) is 15.9. The summed E-state index contributed by atoms with van der Waals surface area (Å²) in [7, 11) is 0. The summed E-state index contributed by atoms with van der Waals surface area (Å²) in [6.07, 6.45) is 1.18. The summed E-state index contributed by atoms with van der Waals surface area (Å²) in [5.74, 6) is 0.683. The zero-order chi connectivity index (χ0) is 19.2. The van der Waals surface area contributed by atoms with Crippen LogP contribution in [0.5, 0.6) is 5.75 Å². The van der Waals surface area contributed by atoms with E-state index in [4.69, 9.17) is 4.74 Å². The minimum Gasteiger partial charge on any atom is -0.494 e. The quantitative estimate of drug-likeness (QED) is 0.818. The minimum atomic E-state index is -0.565. The molecule has 0 radical (unpaired) electrons. The standard InChI is InChI=1S/C22H26N2O3/c1-3-13-24-20(25)14-17-7-5-6-8-19(17)21(24)22(26)23-15-16-9-11-18(12-10-16)27-4-2/h5-12,21H,3-4,13-15H2,1-2H3,(H,23,26)/t21-/m0/s1. The second-order valence-corrected chi connectivity index (χ2v) is 6.66. The van der Waals surface area contributed by atoms with Crippen LogP contribution in [0.25, 0.3) is 0 Å². The molecule has 2 aromatic rings. The van der Waals surface area contributed by atoms with Crippen LogP contribution in [-0.2, 0) is 22.6 Å². The molecule has 2 amide bonds. The lowest BCUT2D eigenvalue weighted by molar-refractivity contribution is -0.141. The van der Waals surface area contributed by atoms with Crippen LogP contribution in [0.3, 0.4) is 0 Å². The summed E-state index contributed by atoms with van der Waals surface area (Å²) in [5, 5.41) is 3.00. The van der Waals surface area contributed by atoms with Crippen molar-refractivity contribution in [3.63, 3.8) is 0 Å². The summed E-state index contributed by atoms with van der Waals surface area (Å²) in [6, 6.07) is 14.8. The van der Waals surface area contributed by atoms with E-state index in [9.17, 15) is 9.59 Å². The van der Waals surface area contributed by atoms with Gasteiger partial charge in [0.2, 0.25) is 11.8 Å². The van der Waals surface area contributed by atoms with Crippen LogP contribution in [0.4, 0.5) is 0 Å². The lowest BCUT2D eigenvalue weighted by atomic mass is 9.91. The Labute approximate surface area is 160 Å². The molecule has 0 saturated heterocycles. The number of hydrogen-bond acceptors (Lipinski definition) is 3. The van der Waals surface area contributed by atoms with E-state index in [0.29, 0.717) is 26.1 Å². The molecule has 0 fully saturated rings. The lowest BCUT2D eigenvalue weighted by Gasteiger charge is -2.36. The number of hydrogen-bond donors (Lipinski definition) is 1. The van der Waals surface area contributed by atoms with Crippen LogP contribution in [-0.4, -0.2) is 29.9 Å². The van der Waals surface area contributed by atoms with Crippen molar-refractivity contribution in [3.8, 4) is 5.75 Å². The number of rotatable bonds is 7. The Morgan fingerprint density at radius 2 is 1.89 bits per heavy atom. The number of carbonyl (C=O) groups is 2. The Morgan fingerprint density at radius 3 is 2.59 bits per heavy atom. The third-order valence-electron chi connectivity index (χ3n) is 4.74. The smallest absolute Gasteiger partial charge is 0.247 e. The Kier molecular flexibility index (Phi) is 6.12. The molecule has 5 nitrogen and oxygen atoms in total. The van der Waals surface area contributed by atoms with Crippen molar-refractivity contribution in [2.45, 2.75) is 39.3 Å². The van der Waals surface area contributed by atoms with Crippen molar-refractivity contribution in [1.29, 1.82) is 0 Å². The summed E-state index contributed by atoms with van der Waals surface area (Å²) in [5.41, 5.74) is 2.86. The number of fused-ring (bicyclic) bond motifs is 1. The van der Waals surface area contributed by atoms with Gasteiger partial charge in [0.15, 0.2) is 0 Å². The molecule has 0 saturated carbocycles. The number of nitrogens with one attached hydrogen (secondary N) is 1. The predicted octanol–water partition coefficient (Wildman–Crippen LogP) is 3.24. The molecule has 0 unspecified atom stereocenters. The molecule has 0 bridgehead atoms. The molecule has 3 rings (SSSR count). The van der Waals surface area contributed by atoms with E-state index in [1.54, 1.807) is 4.90 Å². The van der Waals surface area contributed by atoms with Gasteiger partial charge in [0, 0.05) is 13.1 Å². The molecule has 0 aliphatic carbocycles. The largest absolute Gasteiger partial charge is 0.494 e. The van der Waals surface area contributed by atoms with Crippen molar-refractivity contribution in [3.05, 3.63) is 65.2 Å². The Bertz CT molecular complexity index is 801. The molecule has 27 heavy (non-hydrogen) atoms. The number of carbonyl (C=O) groups excluding carboxylic acids is 2. The van der Waals surface area contributed by atoms with Gasteiger partial charge in [0.1, 0.15) is 11.8 Å². The first-order valence-corrected chi connectivity index (χ1v) is 9.50. The third-order valence-corrected chi connectivity index (χ3v) is 4.74. The molecule has 142 valence electrons. The van der Waals surface area contributed by atoms with Crippen molar-refractivity contribution in [2.75, 3.05) is 13.2 Å². The summed E-state index contributed by atoms with van der Waals surface area (Å²) < 4.78 is 5.44. The van der Waals surface area contributed by atoms with Crippen LogP contribution in [0.2, 0.25) is 0 Å². The Morgan fingerprint density at radius 1 is 1.15 bits per heavy atom. The van der Waals surface area contributed by atoms with Gasteiger partial charge in [-0.2, -0.15) is 0 Å². The zero-order valence-corrected chi connectivity index (χ0v) is 15.9. The number of amides is 2. The fourth-order valence-corrected chi connectivity index (χ4v) is 3.47. The highest BCUT2D eigenvalue weighted by Gasteiger charge is 2.36. The van der Waals surface area contributed by atoms with Crippen LogP contribution >= 0.6 is 0 Å². The average Bonchev–Trinajstić information content (AvgIpc) is 2.68. The van der Waals surface area contributed by atoms with Crippen LogP contribution < -0.4 is 10.1 Å². The first-order chi connectivity index (χ1) is 13.1. The van der Waals surface area contributed by atoms with Gasteiger partial charge in [0.25, 0.3) is 0 Å². The number of ether oxygens (including phenoxy) is 1. The van der Waals surface area contributed by atoms with Crippen molar-refractivity contribution < 1.29 is 14.3 Å². The maximum Gasteiger partial charge on any atom is 0.247 e. The van der Waals surface area contributed by atoms with E-state index in [2.05, 4.69) is 5.32 Å². The molecular weight excluding hydrogens is 340 g/mol. The van der Waals surface area contributed by atoms with Gasteiger partial charge in [-0.05, 0) is 42.2 Å². The van der Waals surface area contributed by atoms with Crippen molar-refractivity contribution in [2.24, 2.45) is 0 Å². The van der Waals surface area contributed by atoms with E-state index in [1.807, 2.05) is 62.4 Å². The average molecular weight is 366 g/mol. The maximum absolute atomic E-state index is 13.0. The second-order valence-electron chi connectivity index (χ2n) is 6.66. The SMILES string of the molecule is CCCN1C(=O)Cc2ccccc2[C@H]1C(=O)NCc1ccc(OCC)cc1. The predicted molar refractivity (Wildman–Crippen MR) is 104 cm³/mol. The molecule has 2 aromatic carbocycles. The molecule has 5 heteroatoms. The monoisotopic (exact) mass is 366 g/mol. The van der Waals surface area contributed by atoms with E-state index >= 15 is 0 Å². The number of benzene rings is 2. The second kappa shape index (κ2) is 8.71. The summed E-state index contributed by atoms with van der Waals surface area (Å²) >= 11 is 0. The molecule has 1 N–H and O–H groups in total. The van der Waals surface area contributed by atoms with Gasteiger partial charge < -0.3 is 15.0 Å². The highest BCUT2D eigenvalue weighted by Crippen LogP contribution is 2.30. The van der Waals surface area contributed by atoms with Crippen molar-refractivity contribution >= 4 is 11.8 Å². The topological polar surface area (TPSA) is 58.6 Å². The summed E-state index contributed by atoms with van der Waals surface area (Å²) in [4.78, 5) is 27.3. The van der Waals surface area contributed by atoms with Gasteiger partial charge in [-0.3, -0.25) is 9.59 Å². The Balaban J connectivity index is 1.75. The Hall–Kier alpha value is -2.82. The van der Waals surface area contributed by atoms with Gasteiger partial charge in [-0.25, -0.2) is 0 Å². The molecular formula is C22H26N2O3. The molecule has 0 aromatic heterocycles. The van der Waals surface area contributed by atoms with E-state index in [0.717, 1.165) is 28.9 Å². The van der Waals surface area contributed by atoms with Crippen LogP contribution in [0.15, 0.2) is 48.5 Å². The van der Waals surface area contributed by atoms with Gasteiger partial charge in [-0.1, -0.05) is 43.3 Å². The van der Waals surface area contributed by atoms with Crippen LogP contribution in [0, 0.1) is 0 Å². The van der Waals surface area contributed by atoms with E-state index in [-0.39, 0.29) is 11.8 Å². The molecule has 1 heterocycles. The molecule has 1 aliphatic heterocycles. The molecule has 1 atom stereocenters. The lowest BCUT2D eigenvalue weighted by Crippen LogP contribution is -2.47. The van der Waals surface area contributed by atoms with Gasteiger partial charge in [0.05, 0.1) is 13.0 Å². The fourth-order valence-electron chi connectivity index (χ4n) is 3.47. The van der Waals surface area contributed by atoms with E-state index < -0.39 is 6.04 Å². The normalized spacial score (nSPS) is 16.0. The minimum absolute atomic E-state index is 0.0109. The first-order valence-electron chi connectivity index (χ1n) is 9.50. The fraction of sp³-hybridized carbons (Fsp3) is 0.364. The van der Waals surface area contributed by atoms with E-state index in [1.165, 1.54) is 0 Å². The number of nitrogens with zero attached hydrogens (tertiary/aromatic N) is 1. The van der Waals surface area contributed by atoms with Gasteiger partial charge in [-0.15, -0.1) is 0 Å². The van der Waals surface area contributed by atoms with Crippen LogP contribution in [0.1, 0.15) is 43.0 Å². The molecule has 0 spiro atoms. The van der Waals surface area contributed by atoms with Crippen molar-refractivity contribution in [1.82, 2.24) is 10.2 Å². The highest BCUT2D eigenvalue weighted by atomic mass is 16.5.